The molecule has 0 radical (unpaired) electrons. The highest BCUT2D eigenvalue weighted by atomic mass is 35.5. The molecule has 0 aliphatic heterocycles. The zero-order chi connectivity index (χ0) is 11.5. The standard InChI is InChI=1S/C13H14ClNS/c1-2-9-7-8-12(16-9)13(15)10-5-3-4-6-11(10)14/h3-8,13H,2,15H2,1H3. The third-order valence-electron chi connectivity index (χ3n) is 2.58. The molecule has 1 nitrogen and oxygen atoms in total. The van der Waals surface area contributed by atoms with Crippen LogP contribution in [0.5, 0.6) is 0 Å². The Morgan fingerprint density at radius 3 is 2.62 bits per heavy atom. The Balaban J connectivity index is 2.31. The van der Waals surface area contributed by atoms with Crippen LogP contribution in [0, 0.1) is 0 Å². The minimum absolute atomic E-state index is 0.112. The van der Waals surface area contributed by atoms with Gasteiger partial charge >= 0.3 is 0 Å². The molecule has 1 unspecified atom stereocenters. The Morgan fingerprint density at radius 2 is 2.00 bits per heavy atom. The van der Waals surface area contributed by atoms with Gasteiger partial charge in [-0.25, -0.2) is 0 Å². The van der Waals surface area contributed by atoms with Crippen molar-refractivity contribution in [3.05, 3.63) is 56.7 Å². The predicted octanol–water partition coefficient (Wildman–Crippen LogP) is 4.01. The van der Waals surface area contributed by atoms with Crippen LogP contribution in [0.3, 0.4) is 0 Å². The molecule has 0 saturated carbocycles. The zero-order valence-electron chi connectivity index (χ0n) is 9.11. The minimum Gasteiger partial charge on any atom is -0.320 e. The van der Waals surface area contributed by atoms with Gasteiger partial charge in [-0.2, -0.15) is 0 Å². The lowest BCUT2D eigenvalue weighted by molar-refractivity contribution is 0.894. The summed E-state index contributed by atoms with van der Waals surface area (Å²) >= 11 is 7.90. The Hall–Kier alpha value is -0.830. The van der Waals surface area contributed by atoms with Gasteiger partial charge in [0.15, 0.2) is 0 Å². The zero-order valence-corrected chi connectivity index (χ0v) is 10.7. The normalized spacial score (nSPS) is 12.7. The molecule has 84 valence electrons. The van der Waals surface area contributed by atoms with Crippen LogP contribution in [0.15, 0.2) is 36.4 Å². The van der Waals surface area contributed by atoms with E-state index < -0.39 is 0 Å². The second-order valence-corrected chi connectivity index (χ2v) is 5.26. The average Bonchev–Trinajstić information content (AvgIpc) is 2.77. The van der Waals surface area contributed by atoms with Gasteiger partial charge in [-0.05, 0) is 30.2 Å². The fourth-order valence-corrected chi connectivity index (χ4v) is 2.86. The van der Waals surface area contributed by atoms with Crippen molar-refractivity contribution in [2.75, 3.05) is 0 Å². The van der Waals surface area contributed by atoms with Crippen molar-refractivity contribution in [2.24, 2.45) is 5.73 Å². The van der Waals surface area contributed by atoms with E-state index in [9.17, 15) is 0 Å². The second-order valence-electron chi connectivity index (χ2n) is 3.66. The molecule has 0 fully saturated rings. The number of aryl methyl sites for hydroxylation is 1. The molecule has 16 heavy (non-hydrogen) atoms. The van der Waals surface area contributed by atoms with Crippen molar-refractivity contribution >= 4 is 22.9 Å². The molecule has 1 aromatic heterocycles. The lowest BCUT2D eigenvalue weighted by Gasteiger charge is -2.11. The van der Waals surface area contributed by atoms with Crippen molar-refractivity contribution < 1.29 is 0 Å². The van der Waals surface area contributed by atoms with E-state index in [4.69, 9.17) is 17.3 Å². The summed E-state index contributed by atoms with van der Waals surface area (Å²) in [6, 6.07) is 11.9. The van der Waals surface area contributed by atoms with Crippen LogP contribution in [-0.2, 0) is 6.42 Å². The monoisotopic (exact) mass is 251 g/mol. The summed E-state index contributed by atoms with van der Waals surface area (Å²) in [5.74, 6) is 0. The molecule has 1 heterocycles. The summed E-state index contributed by atoms with van der Waals surface area (Å²) in [6.07, 6.45) is 1.06. The number of hydrogen-bond donors (Lipinski definition) is 1. The molecule has 0 aliphatic rings. The summed E-state index contributed by atoms with van der Waals surface area (Å²) in [5, 5.41) is 0.737. The van der Waals surface area contributed by atoms with Crippen LogP contribution in [0.2, 0.25) is 5.02 Å². The van der Waals surface area contributed by atoms with E-state index >= 15 is 0 Å². The molecule has 0 spiro atoms. The number of nitrogens with two attached hydrogens (primary N) is 1. The molecule has 1 atom stereocenters. The molecule has 2 N–H and O–H groups in total. The summed E-state index contributed by atoms with van der Waals surface area (Å²) < 4.78 is 0. The van der Waals surface area contributed by atoms with Crippen molar-refractivity contribution in [1.82, 2.24) is 0 Å². The van der Waals surface area contributed by atoms with Gasteiger partial charge < -0.3 is 5.73 Å². The first kappa shape index (κ1) is 11.6. The molecule has 0 amide bonds. The highest BCUT2D eigenvalue weighted by Gasteiger charge is 2.13. The van der Waals surface area contributed by atoms with Crippen molar-refractivity contribution in [3.63, 3.8) is 0 Å². The fraction of sp³-hybridized carbons (Fsp3) is 0.231. The molecule has 0 aliphatic carbocycles. The average molecular weight is 252 g/mol. The van der Waals surface area contributed by atoms with E-state index in [1.165, 1.54) is 9.75 Å². The number of halogens is 1. The lowest BCUT2D eigenvalue weighted by atomic mass is 10.1. The molecule has 2 aromatic rings. The molecular weight excluding hydrogens is 238 g/mol. The molecule has 2 rings (SSSR count). The van der Waals surface area contributed by atoms with Crippen LogP contribution in [0.4, 0.5) is 0 Å². The van der Waals surface area contributed by atoms with E-state index in [1.807, 2.05) is 24.3 Å². The van der Waals surface area contributed by atoms with Crippen molar-refractivity contribution in [2.45, 2.75) is 19.4 Å². The number of hydrogen-bond acceptors (Lipinski definition) is 2. The Kier molecular flexibility index (Phi) is 3.64. The summed E-state index contributed by atoms with van der Waals surface area (Å²) in [7, 11) is 0. The van der Waals surface area contributed by atoms with Crippen LogP contribution < -0.4 is 5.73 Å². The Morgan fingerprint density at radius 1 is 1.25 bits per heavy atom. The number of rotatable bonds is 3. The maximum Gasteiger partial charge on any atom is 0.0660 e. The van der Waals surface area contributed by atoms with E-state index in [2.05, 4.69) is 19.1 Å². The van der Waals surface area contributed by atoms with Gasteiger partial charge in [0.2, 0.25) is 0 Å². The number of thiophene rings is 1. The topological polar surface area (TPSA) is 26.0 Å². The summed E-state index contributed by atoms with van der Waals surface area (Å²) in [5.41, 5.74) is 7.21. The Bertz CT molecular complexity index is 478. The van der Waals surface area contributed by atoms with E-state index in [-0.39, 0.29) is 6.04 Å². The predicted molar refractivity (Wildman–Crippen MR) is 71.2 cm³/mol. The first-order chi connectivity index (χ1) is 7.72. The fourth-order valence-electron chi connectivity index (χ4n) is 1.63. The van der Waals surface area contributed by atoms with Gasteiger partial charge in [0.1, 0.15) is 0 Å². The maximum absolute atomic E-state index is 6.21. The largest absolute Gasteiger partial charge is 0.320 e. The molecule has 0 saturated heterocycles. The van der Waals surface area contributed by atoms with Crippen LogP contribution in [0.1, 0.15) is 28.3 Å². The van der Waals surface area contributed by atoms with Gasteiger partial charge in [-0.15, -0.1) is 11.3 Å². The lowest BCUT2D eigenvalue weighted by Crippen LogP contribution is -2.10. The maximum atomic E-state index is 6.21. The van der Waals surface area contributed by atoms with Gasteiger partial charge in [0.05, 0.1) is 6.04 Å². The first-order valence-electron chi connectivity index (χ1n) is 5.31. The van der Waals surface area contributed by atoms with Gasteiger partial charge in [-0.1, -0.05) is 36.7 Å². The second kappa shape index (κ2) is 5.00. The quantitative estimate of drug-likeness (QED) is 0.876. The third kappa shape index (κ3) is 2.29. The van der Waals surface area contributed by atoms with E-state index in [1.54, 1.807) is 11.3 Å². The van der Waals surface area contributed by atoms with Crippen LogP contribution in [0.25, 0.3) is 0 Å². The van der Waals surface area contributed by atoms with Crippen LogP contribution >= 0.6 is 22.9 Å². The first-order valence-corrected chi connectivity index (χ1v) is 6.50. The third-order valence-corrected chi connectivity index (χ3v) is 4.23. The van der Waals surface area contributed by atoms with Gasteiger partial charge in [-0.3, -0.25) is 0 Å². The Labute approximate surface area is 105 Å². The highest BCUT2D eigenvalue weighted by Crippen LogP contribution is 2.30. The van der Waals surface area contributed by atoms with Crippen LogP contribution in [-0.4, -0.2) is 0 Å². The smallest absolute Gasteiger partial charge is 0.0660 e. The van der Waals surface area contributed by atoms with E-state index in [0.29, 0.717) is 0 Å². The number of benzene rings is 1. The molecule has 0 bridgehead atoms. The van der Waals surface area contributed by atoms with Gasteiger partial charge in [0, 0.05) is 14.8 Å². The molecular formula is C13H14ClNS. The van der Waals surface area contributed by atoms with Gasteiger partial charge in [0.25, 0.3) is 0 Å². The van der Waals surface area contributed by atoms with Crippen molar-refractivity contribution in [1.29, 1.82) is 0 Å². The highest BCUT2D eigenvalue weighted by molar-refractivity contribution is 7.12. The summed E-state index contributed by atoms with van der Waals surface area (Å²) in [4.78, 5) is 2.53. The molecule has 3 heteroatoms. The SMILES string of the molecule is CCc1ccc(C(N)c2ccccc2Cl)s1. The van der Waals surface area contributed by atoms with Crippen molar-refractivity contribution in [3.8, 4) is 0 Å². The summed E-state index contributed by atoms with van der Waals surface area (Å²) in [6.45, 7) is 2.15. The minimum atomic E-state index is -0.112. The van der Waals surface area contributed by atoms with E-state index in [0.717, 1.165) is 17.0 Å². The molecule has 1 aromatic carbocycles.